The molecule has 0 atom stereocenters. The highest BCUT2D eigenvalue weighted by atomic mass is 35.5. The lowest BCUT2D eigenvalue weighted by Gasteiger charge is -2.09. The number of hydrogen-bond donors (Lipinski definition) is 1. The smallest absolute Gasteiger partial charge is 0.275 e. The van der Waals surface area contributed by atoms with E-state index < -0.39 is 5.91 Å². The van der Waals surface area contributed by atoms with Gasteiger partial charge in [-0.05, 0) is 23.6 Å². The second-order valence-electron chi connectivity index (χ2n) is 3.68. The summed E-state index contributed by atoms with van der Waals surface area (Å²) in [6, 6.07) is 6.76. The van der Waals surface area contributed by atoms with E-state index in [-0.39, 0.29) is 16.3 Å². The number of rotatable bonds is 4. The molecule has 20 heavy (non-hydrogen) atoms. The molecule has 0 aliphatic rings. The van der Waals surface area contributed by atoms with Gasteiger partial charge in [-0.2, -0.15) is 5.10 Å². The number of hydrazone groups is 1. The Morgan fingerprint density at radius 2 is 2.25 bits per heavy atom. The summed E-state index contributed by atoms with van der Waals surface area (Å²) < 4.78 is 5.10. The zero-order valence-corrected chi connectivity index (χ0v) is 12.7. The number of ether oxygens (including phenoxy) is 1. The Morgan fingerprint density at radius 1 is 1.45 bits per heavy atom. The maximum atomic E-state index is 12.0. The molecule has 0 fully saturated rings. The van der Waals surface area contributed by atoms with Crippen molar-refractivity contribution in [2.45, 2.75) is 0 Å². The molecule has 2 aromatic rings. The van der Waals surface area contributed by atoms with Crippen molar-refractivity contribution in [1.82, 2.24) is 5.43 Å². The van der Waals surface area contributed by atoms with Gasteiger partial charge in [0.25, 0.3) is 5.91 Å². The number of amides is 1. The molecule has 7 heteroatoms. The van der Waals surface area contributed by atoms with Gasteiger partial charge in [0.2, 0.25) is 0 Å². The number of nitrogens with one attached hydrogen (secondary N) is 1. The van der Waals surface area contributed by atoms with Gasteiger partial charge in [0.15, 0.2) is 0 Å². The monoisotopic (exact) mass is 328 g/mol. The number of thiophene rings is 1. The average Bonchev–Trinajstić information content (AvgIpc) is 2.91. The molecule has 2 rings (SSSR count). The van der Waals surface area contributed by atoms with Crippen LogP contribution in [0.25, 0.3) is 0 Å². The van der Waals surface area contributed by atoms with Crippen molar-refractivity contribution in [3.8, 4) is 5.75 Å². The molecule has 104 valence electrons. The summed E-state index contributed by atoms with van der Waals surface area (Å²) in [5, 5.41) is 6.41. The number of nitrogens with zero attached hydrogens (tertiary/aromatic N) is 1. The molecule has 1 amide bonds. The first-order valence-corrected chi connectivity index (χ1v) is 7.15. The van der Waals surface area contributed by atoms with E-state index in [1.807, 2.05) is 17.5 Å². The minimum absolute atomic E-state index is 0.230. The zero-order valence-electron chi connectivity index (χ0n) is 10.4. The van der Waals surface area contributed by atoms with Crippen LogP contribution in [0.15, 0.2) is 34.7 Å². The second-order valence-corrected chi connectivity index (χ2v) is 5.51. The Balaban J connectivity index is 2.17. The summed E-state index contributed by atoms with van der Waals surface area (Å²) in [5.41, 5.74) is 2.64. The number of halogens is 2. The van der Waals surface area contributed by atoms with E-state index in [4.69, 9.17) is 27.9 Å². The van der Waals surface area contributed by atoms with Crippen LogP contribution in [0.5, 0.6) is 5.75 Å². The van der Waals surface area contributed by atoms with Gasteiger partial charge in [-0.15, -0.1) is 11.3 Å². The molecule has 0 saturated heterocycles. The molecule has 0 bridgehead atoms. The standard InChI is InChI=1S/C13H10Cl2N2O2S/c1-19-12-10(5-8(14)6-11(12)15)13(18)17-16-7-9-3-2-4-20-9/h2-7H,1H3,(H,17,18)/b16-7+. The maximum absolute atomic E-state index is 12.0. The molecule has 4 nitrogen and oxygen atoms in total. The van der Waals surface area contributed by atoms with Crippen molar-refractivity contribution in [3.63, 3.8) is 0 Å². The van der Waals surface area contributed by atoms with Crippen LogP contribution in [0, 0.1) is 0 Å². The maximum Gasteiger partial charge on any atom is 0.275 e. The molecule has 0 radical (unpaired) electrons. The van der Waals surface area contributed by atoms with Crippen LogP contribution in [0.2, 0.25) is 10.0 Å². The summed E-state index contributed by atoms with van der Waals surface area (Å²) in [4.78, 5) is 13.0. The number of carbonyl (C=O) groups is 1. The molecule has 0 unspecified atom stereocenters. The number of benzene rings is 1. The third-order valence-corrected chi connectivity index (χ3v) is 3.66. The van der Waals surface area contributed by atoms with E-state index in [2.05, 4.69) is 10.5 Å². The molecule has 1 aromatic carbocycles. The van der Waals surface area contributed by atoms with Gasteiger partial charge in [-0.25, -0.2) is 5.43 Å². The highest BCUT2D eigenvalue weighted by Gasteiger charge is 2.16. The number of carbonyl (C=O) groups excluding carboxylic acids is 1. The van der Waals surface area contributed by atoms with Crippen LogP contribution in [0.4, 0.5) is 0 Å². The fourth-order valence-electron chi connectivity index (χ4n) is 1.52. The Kier molecular flexibility index (Phi) is 5.00. The quantitative estimate of drug-likeness (QED) is 0.685. The Morgan fingerprint density at radius 3 is 2.90 bits per heavy atom. The van der Waals surface area contributed by atoms with Crippen LogP contribution < -0.4 is 10.2 Å². The van der Waals surface area contributed by atoms with Crippen molar-refractivity contribution in [2.24, 2.45) is 5.10 Å². The fraction of sp³-hybridized carbons (Fsp3) is 0.0769. The van der Waals surface area contributed by atoms with Crippen molar-refractivity contribution in [1.29, 1.82) is 0 Å². The minimum atomic E-state index is -0.445. The van der Waals surface area contributed by atoms with Gasteiger partial charge < -0.3 is 4.74 Å². The lowest BCUT2D eigenvalue weighted by atomic mass is 10.2. The van der Waals surface area contributed by atoms with Crippen molar-refractivity contribution >= 4 is 46.7 Å². The Bertz CT molecular complexity index is 642. The molecule has 0 aliphatic heterocycles. The lowest BCUT2D eigenvalue weighted by molar-refractivity contribution is 0.0952. The van der Waals surface area contributed by atoms with E-state index in [0.717, 1.165) is 4.88 Å². The predicted octanol–water partition coefficient (Wildman–Crippen LogP) is 3.83. The fourth-order valence-corrected chi connectivity index (χ4v) is 2.67. The van der Waals surface area contributed by atoms with Crippen molar-refractivity contribution in [2.75, 3.05) is 7.11 Å². The van der Waals surface area contributed by atoms with Crippen molar-refractivity contribution < 1.29 is 9.53 Å². The van der Waals surface area contributed by atoms with E-state index in [1.165, 1.54) is 30.6 Å². The van der Waals surface area contributed by atoms with Crippen LogP contribution in [0.3, 0.4) is 0 Å². The van der Waals surface area contributed by atoms with Gasteiger partial charge in [0, 0.05) is 9.90 Å². The van der Waals surface area contributed by atoms with Crippen LogP contribution in [-0.2, 0) is 0 Å². The van der Waals surface area contributed by atoms with Crippen molar-refractivity contribution in [3.05, 3.63) is 50.1 Å². The van der Waals surface area contributed by atoms with Gasteiger partial charge >= 0.3 is 0 Å². The first-order chi connectivity index (χ1) is 9.61. The van der Waals surface area contributed by atoms with E-state index in [1.54, 1.807) is 6.21 Å². The topological polar surface area (TPSA) is 50.7 Å². The summed E-state index contributed by atoms with van der Waals surface area (Å²) in [6.07, 6.45) is 1.56. The third-order valence-electron chi connectivity index (χ3n) is 2.36. The SMILES string of the molecule is COc1c(Cl)cc(Cl)cc1C(=O)N/N=C/c1cccs1. The normalized spacial score (nSPS) is 10.8. The average molecular weight is 329 g/mol. The first-order valence-electron chi connectivity index (χ1n) is 5.51. The third kappa shape index (κ3) is 3.50. The molecular weight excluding hydrogens is 319 g/mol. The molecule has 0 saturated carbocycles. The molecular formula is C13H10Cl2N2O2S. The summed E-state index contributed by atoms with van der Waals surface area (Å²) in [6.45, 7) is 0. The highest BCUT2D eigenvalue weighted by molar-refractivity contribution is 7.11. The van der Waals surface area contributed by atoms with E-state index in [0.29, 0.717) is 5.02 Å². The van der Waals surface area contributed by atoms with Gasteiger partial charge in [0.1, 0.15) is 5.75 Å². The zero-order chi connectivity index (χ0) is 14.5. The Hall–Kier alpha value is -1.56. The van der Waals surface area contributed by atoms with E-state index >= 15 is 0 Å². The summed E-state index contributed by atoms with van der Waals surface area (Å²) in [5.74, 6) is -0.182. The van der Waals surface area contributed by atoms with Crippen LogP contribution >= 0.6 is 34.5 Å². The molecule has 1 heterocycles. The number of hydrogen-bond acceptors (Lipinski definition) is 4. The molecule has 0 aliphatic carbocycles. The van der Waals surface area contributed by atoms with Crippen LogP contribution in [-0.4, -0.2) is 19.2 Å². The minimum Gasteiger partial charge on any atom is -0.494 e. The lowest BCUT2D eigenvalue weighted by Crippen LogP contribution is -2.18. The highest BCUT2D eigenvalue weighted by Crippen LogP contribution is 2.32. The first kappa shape index (κ1) is 14.8. The largest absolute Gasteiger partial charge is 0.494 e. The van der Waals surface area contributed by atoms with E-state index in [9.17, 15) is 4.79 Å². The van der Waals surface area contributed by atoms with Gasteiger partial charge in [-0.1, -0.05) is 29.3 Å². The van der Waals surface area contributed by atoms with Gasteiger partial charge in [0.05, 0.1) is 23.9 Å². The van der Waals surface area contributed by atoms with Crippen LogP contribution in [0.1, 0.15) is 15.2 Å². The molecule has 1 aromatic heterocycles. The predicted molar refractivity (Wildman–Crippen MR) is 82.4 cm³/mol. The summed E-state index contributed by atoms with van der Waals surface area (Å²) >= 11 is 13.4. The molecule has 1 N–H and O–H groups in total. The Labute approximate surface area is 130 Å². The molecule has 0 spiro atoms. The second kappa shape index (κ2) is 6.74. The number of methoxy groups -OCH3 is 1. The van der Waals surface area contributed by atoms with Gasteiger partial charge in [-0.3, -0.25) is 4.79 Å². The summed E-state index contributed by atoms with van der Waals surface area (Å²) in [7, 11) is 1.43.